The zero-order valence-corrected chi connectivity index (χ0v) is 16.8. The van der Waals surface area contributed by atoms with Gasteiger partial charge in [0.25, 0.3) is 5.91 Å². The fraction of sp³-hybridized carbons (Fsp3) is 0.316. The lowest BCUT2D eigenvalue weighted by molar-refractivity contribution is -0.127. The summed E-state index contributed by atoms with van der Waals surface area (Å²) in [7, 11) is -3.60. The molecule has 1 amide bonds. The van der Waals surface area contributed by atoms with E-state index in [0.717, 1.165) is 12.0 Å². The van der Waals surface area contributed by atoms with Crippen molar-refractivity contribution in [2.75, 3.05) is 13.1 Å². The van der Waals surface area contributed by atoms with Crippen molar-refractivity contribution >= 4 is 27.5 Å². The van der Waals surface area contributed by atoms with E-state index in [-0.39, 0.29) is 23.9 Å². The molecular formula is C19H23ClN2O4S. The average molecular weight is 411 g/mol. The molecule has 27 heavy (non-hydrogen) atoms. The van der Waals surface area contributed by atoms with Gasteiger partial charge in [0.1, 0.15) is 5.75 Å². The molecule has 1 atom stereocenters. The number of ether oxygens (including phenoxy) is 1. The van der Waals surface area contributed by atoms with Crippen LogP contribution in [-0.4, -0.2) is 33.5 Å². The van der Waals surface area contributed by atoms with E-state index >= 15 is 0 Å². The van der Waals surface area contributed by atoms with Crippen LogP contribution in [0.5, 0.6) is 5.75 Å². The molecule has 0 radical (unpaired) electrons. The van der Waals surface area contributed by atoms with E-state index in [0.29, 0.717) is 10.8 Å². The minimum atomic E-state index is -3.60. The summed E-state index contributed by atoms with van der Waals surface area (Å²) in [5.41, 5.74) is 1.07. The van der Waals surface area contributed by atoms with Crippen LogP contribution in [0.3, 0.4) is 0 Å². The number of hydrogen-bond acceptors (Lipinski definition) is 4. The largest absolute Gasteiger partial charge is 0.481 e. The second-order valence-electron chi connectivity index (χ2n) is 5.90. The Hall–Kier alpha value is -2.09. The number of sulfonamides is 1. The first-order valence-corrected chi connectivity index (χ1v) is 10.5. The Morgan fingerprint density at radius 1 is 1.07 bits per heavy atom. The average Bonchev–Trinajstić information content (AvgIpc) is 2.67. The van der Waals surface area contributed by atoms with Crippen LogP contribution in [0.2, 0.25) is 5.02 Å². The number of carbonyl (C=O) groups excluding carboxylic acids is 1. The molecule has 2 aromatic carbocycles. The van der Waals surface area contributed by atoms with Crippen LogP contribution < -0.4 is 14.8 Å². The Morgan fingerprint density at radius 2 is 1.70 bits per heavy atom. The quantitative estimate of drug-likeness (QED) is 0.622. The molecule has 0 aliphatic heterocycles. The fourth-order valence-electron chi connectivity index (χ4n) is 2.27. The Kier molecular flexibility index (Phi) is 7.65. The first-order valence-electron chi connectivity index (χ1n) is 8.60. The zero-order valence-electron chi connectivity index (χ0n) is 15.2. The number of nitrogens with one attached hydrogen (secondary N) is 2. The topological polar surface area (TPSA) is 84.5 Å². The number of amides is 1. The SMILES string of the molecule is CCc1ccc(S(=O)(=O)NCCNC(=O)C(C)Oc2ccc(Cl)cc2)cc1. The number of carbonyl (C=O) groups is 1. The summed E-state index contributed by atoms with van der Waals surface area (Å²) in [4.78, 5) is 12.2. The van der Waals surface area contributed by atoms with Crippen LogP contribution in [0.4, 0.5) is 0 Å². The van der Waals surface area contributed by atoms with Gasteiger partial charge in [0.2, 0.25) is 10.0 Å². The number of rotatable bonds is 9. The van der Waals surface area contributed by atoms with Crippen molar-refractivity contribution in [3.8, 4) is 5.75 Å². The van der Waals surface area contributed by atoms with Gasteiger partial charge in [-0.15, -0.1) is 0 Å². The second-order valence-corrected chi connectivity index (χ2v) is 8.10. The first kappa shape index (κ1) is 21.2. The second kappa shape index (κ2) is 9.73. The van der Waals surface area contributed by atoms with Crippen molar-refractivity contribution in [1.29, 1.82) is 0 Å². The molecule has 0 spiro atoms. The summed E-state index contributed by atoms with van der Waals surface area (Å²) in [5.74, 6) is 0.190. The molecule has 8 heteroatoms. The third-order valence-electron chi connectivity index (χ3n) is 3.85. The highest BCUT2D eigenvalue weighted by atomic mass is 35.5. The number of benzene rings is 2. The van der Waals surface area contributed by atoms with Crippen molar-refractivity contribution in [3.63, 3.8) is 0 Å². The van der Waals surface area contributed by atoms with Crippen LogP contribution in [-0.2, 0) is 21.2 Å². The third-order valence-corrected chi connectivity index (χ3v) is 5.58. The highest BCUT2D eigenvalue weighted by Crippen LogP contribution is 2.16. The van der Waals surface area contributed by atoms with Gasteiger partial charge in [-0.05, 0) is 55.3 Å². The lowest BCUT2D eigenvalue weighted by Crippen LogP contribution is -2.40. The first-order chi connectivity index (χ1) is 12.8. The van der Waals surface area contributed by atoms with E-state index in [2.05, 4.69) is 10.0 Å². The van der Waals surface area contributed by atoms with Gasteiger partial charge in [-0.3, -0.25) is 4.79 Å². The predicted octanol–water partition coefficient (Wildman–Crippen LogP) is 2.76. The van der Waals surface area contributed by atoms with E-state index < -0.39 is 16.1 Å². The van der Waals surface area contributed by atoms with E-state index in [4.69, 9.17) is 16.3 Å². The minimum Gasteiger partial charge on any atom is -0.481 e. The lowest BCUT2D eigenvalue weighted by atomic mass is 10.2. The lowest BCUT2D eigenvalue weighted by Gasteiger charge is -2.15. The van der Waals surface area contributed by atoms with Gasteiger partial charge in [-0.25, -0.2) is 13.1 Å². The molecule has 2 aromatic rings. The molecule has 0 aliphatic carbocycles. The molecule has 0 saturated heterocycles. The maximum Gasteiger partial charge on any atom is 0.260 e. The minimum absolute atomic E-state index is 0.0806. The molecule has 0 aliphatic rings. The highest BCUT2D eigenvalue weighted by molar-refractivity contribution is 7.89. The van der Waals surface area contributed by atoms with E-state index in [9.17, 15) is 13.2 Å². The maximum atomic E-state index is 12.2. The Bertz CT molecular complexity index is 852. The molecule has 0 heterocycles. The molecule has 0 bridgehead atoms. The normalized spacial score (nSPS) is 12.4. The number of aryl methyl sites for hydroxylation is 1. The van der Waals surface area contributed by atoms with Crippen molar-refractivity contribution in [2.45, 2.75) is 31.3 Å². The maximum absolute atomic E-state index is 12.2. The molecular weight excluding hydrogens is 388 g/mol. The summed E-state index contributed by atoms with van der Waals surface area (Å²) < 4.78 is 32.4. The van der Waals surface area contributed by atoms with Crippen molar-refractivity contribution in [3.05, 3.63) is 59.1 Å². The summed E-state index contributed by atoms with van der Waals surface area (Å²) in [6, 6.07) is 13.4. The molecule has 146 valence electrons. The summed E-state index contributed by atoms with van der Waals surface area (Å²) in [5, 5.41) is 3.22. The Morgan fingerprint density at radius 3 is 2.30 bits per heavy atom. The molecule has 1 unspecified atom stereocenters. The molecule has 2 rings (SSSR count). The molecule has 6 nitrogen and oxygen atoms in total. The fourth-order valence-corrected chi connectivity index (χ4v) is 3.43. The smallest absolute Gasteiger partial charge is 0.260 e. The highest BCUT2D eigenvalue weighted by Gasteiger charge is 2.16. The van der Waals surface area contributed by atoms with Gasteiger partial charge in [-0.1, -0.05) is 30.7 Å². The van der Waals surface area contributed by atoms with Gasteiger partial charge < -0.3 is 10.1 Å². The van der Waals surface area contributed by atoms with E-state index in [1.807, 2.05) is 6.92 Å². The Labute approximate surface area is 164 Å². The van der Waals surface area contributed by atoms with Crippen molar-refractivity contribution < 1.29 is 17.9 Å². The summed E-state index contributed by atoms with van der Waals surface area (Å²) >= 11 is 5.80. The Balaban J connectivity index is 1.77. The van der Waals surface area contributed by atoms with Crippen LogP contribution in [0.15, 0.2) is 53.4 Å². The van der Waals surface area contributed by atoms with Crippen molar-refractivity contribution in [1.82, 2.24) is 10.0 Å². The van der Waals surface area contributed by atoms with Gasteiger partial charge in [-0.2, -0.15) is 0 Å². The van der Waals surface area contributed by atoms with Crippen LogP contribution in [0.1, 0.15) is 19.4 Å². The summed E-state index contributed by atoms with van der Waals surface area (Å²) in [6.45, 7) is 3.85. The van der Waals surface area contributed by atoms with Gasteiger partial charge >= 0.3 is 0 Å². The van der Waals surface area contributed by atoms with Crippen LogP contribution in [0.25, 0.3) is 0 Å². The molecule has 0 aromatic heterocycles. The number of hydrogen-bond donors (Lipinski definition) is 2. The third kappa shape index (κ3) is 6.53. The van der Waals surface area contributed by atoms with E-state index in [1.165, 1.54) is 0 Å². The number of halogens is 1. The van der Waals surface area contributed by atoms with Crippen LogP contribution in [0, 0.1) is 0 Å². The molecule has 2 N–H and O–H groups in total. The monoisotopic (exact) mass is 410 g/mol. The summed E-state index contributed by atoms with van der Waals surface area (Å²) in [6.07, 6.45) is 0.125. The van der Waals surface area contributed by atoms with Crippen LogP contribution >= 0.6 is 11.6 Å². The van der Waals surface area contributed by atoms with Crippen molar-refractivity contribution in [2.24, 2.45) is 0 Å². The van der Waals surface area contributed by atoms with E-state index in [1.54, 1.807) is 55.5 Å². The van der Waals surface area contributed by atoms with Gasteiger partial charge in [0.05, 0.1) is 4.90 Å². The molecule has 0 fully saturated rings. The zero-order chi connectivity index (χ0) is 19.9. The van der Waals surface area contributed by atoms with Gasteiger partial charge in [0, 0.05) is 18.1 Å². The standard InChI is InChI=1S/C19H23ClN2O4S/c1-3-15-4-10-18(11-5-15)27(24,25)22-13-12-21-19(23)14(2)26-17-8-6-16(20)7-9-17/h4-11,14,22H,3,12-13H2,1-2H3,(H,21,23). The molecule has 0 saturated carbocycles. The predicted molar refractivity (Wildman–Crippen MR) is 106 cm³/mol. The van der Waals surface area contributed by atoms with Gasteiger partial charge in [0.15, 0.2) is 6.10 Å².